The smallest absolute Gasteiger partial charge is 0.318 e. The number of piperidine rings is 1. The van der Waals surface area contributed by atoms with Gasteiger partial charge in [0.25, 0.3) is 0 Å². The monoisotopic (exact) mass is 486 g/mol. The predicted octanol–water partition coefficient (Wildman–Crippen LogP) is 3.77. The largest absolute Gasteiger partial charge is 0.462 e. The lowest BCUT2D eigenvalue weighted by atomic mass is 9.87. The Labute approximate surface area is 214 Å². The van der Waals surface area contributed by atoms with Crippen LogP contribution < -0.4 is 19.9 Å². The van der Waals surface area contributed by atoms with E-state index >= 15 is 0 Å². The molecule has 7 rings (SSSR count). The molecule has 3 fully saturated rings. The number of rotatable bonds is 5. The lowest BCUT2D eigenvalue weighted by Crippen LogP contribution is -2.68. The van der Waals surface area contributed by atoms with E-state index in [0.717, 1.165) is 50.7 Å². The zero-order valence-corrected chi connectivity index (χ0v) is 21.4. The van der Waals surface area contributed by atoms with E-state index in [1.54, 1.807) is 0 Å². The summed E-state index contributed by atoms with van der Waals surface area (Å²) in [6, 6.07) is 15.3. The quantitative estimate of drug-likeness (QED) is 0.589. The zero-order valence-electron chi connectivity index (χ0n) is 21.4. The molecule has 1 N–H and O–H groups in total. The fourth-order valence-corrected chi connectivity index (χ4v) is 6.83. The Hall–Kier alpha value is -2.90. The van der Waals surface area contributed by atoms with Crippen molar-refractivity contribution in [2.24, 2.45) is 0 Å². The van der Waals surface area contributed by atoms with Crippen molar-refractivity contribution in [3.05, 3.63) is 53.2 Å². The van der Waals surface area contributed by atoms with Crippen LogP contribution in [0.15, 0.2) is 36.4 Å². The Morgan fingerprint density at radius 2 is 1.92 bits per heavy atom. The molecule has 2 aromatic carbocycles. The maximum atomic E-state index is 6.31. The Bertz CT molecular complexity index is 1280. The highest BCUT2D eigenvalue weighted by molar-refractivity contribution is 5.97. The Kier molecular flexibility index (Phi) is 5.51. The lowest BCUT2D eigenvalue weighted by Gasteiger charge is -2.54. The topological polar surface area (TPSA) is 56.8 Å². The fourth-order valence-electron chi connectivity index (χ4n) is 6.83. The van der Waals surface area contributed by atoms with E-state index in [4.69, 9.17) is 14.7 Å². The number of likely N-dealkylation sites (tertiary alicyclic amines) is 1. The average Bonchev–Trinajstić information content (AvgIpc) is 3.32. The maximum absolute atomic E-state index is 6.31. The number of aromatic nitrogens is 2. The molecule has 3 aromatic rings. The van der Waals surface area contributed by atoms with Crippen molar-refractivity contribution >= 4 is 22.3 Å². The number of anilines is 2. The van der Waals surface area contributed by atoms with E-state index in [1.807, 2.05) is 0 Å². The van der Waals surface area contributed by atoms with Crippen LogP contribution >= 0.6 is 0 Å². The Morgan fingerprint density at radius 1 is 1.08 bits per heavy atom. The molecule has 4 aliphatic heterocycles. The van der Waals surface area contributed by atoms with Gasteiger partial charge in [0.1, 0.15) is 12.4 Å². The third-order valence-electron chi connectivity index (χ3n) is 8.87. The molecule has 0 spiro atoms. The van der Waals surface area contributed by atoms with E-state index in [1.165, 1.54) is 46.8 Å². The summed E-state index contributed by atoms with van der Waals surface area (Å²) in [7, 11) is 2.19. The van der Waals surface area contributed by atoms with Crippen LogP contribution in [0.5, 0.6) is 6.01 Å². The van der Waals surface area contributed by atoms with E-state index < -0.39 is 0 Å². The number of hydrogen-bond donors (Lipinski definition) is 1. The molecule has 5 heterocycles. The van der Waals surface area contributed by atoms with Gasteiger partial charge in [-0.3, -0.25) is 0 Å². The van der Waals surface area contributed by atoms with Gasteiger partial charge >= 0.3 is 6.01 Å². The number of piperazine rings is 1. The van der Waals surface area contributed by atoms with E-state index in [9.17, 15) is 0 Å². The summed E-state index contributed by atoms with van der Waals surface area (Å²) in [6.07, 6.45) is 4.65. The number of aryl methyl sites for hydroxylation is 1. The summed E-state index contributed by atoms with van der Waals surface area (Å²) in [6.45, 7) is 7.88. The molecule has 3 atom stereocenters. The highest BCUT2D eigenvalue weighted by atomic mass is 16.5. The number of hydrogen-bond acceptors (Lipinski definition) is 7. The first-order valence-corrected chi connectivity index (χ1v) is 13.6. The van der Waals surface area contributed by atoms with Gasteiger partial charge in [-0.2, -0.15) is 9.97 Å². The van der Waals surface area contributed by atoms with Crippen LogP contribution in [0, 0.1) is 6.92 Å². The molecule has 0 radical (unpaired) electrons. The molecular formula is C29H38N6O. The van der Waals surface area contributed by atoms with Crippen LogP contribution in [0.3, 0.4) is 0 Å². The molecule has 2 bridgehead atoms. The molecule has 3 saturated heterocycles. The van der Waals surface area contributed by atoms with Gasteiger partial charge in [-0.05, 0) is 63.2 Å². The molecule has 7 nitrogen and oxygen atoms in total. The lowest BCUT2D eigenvalue weighted by molar-refractivity contribution is 0.186. The maximum Gasteiger partial charge on any atom is 0.318 e. The molecular weight excluding hydrogens is 448 g/mol. The number of benzene rings is 2. The second-order valence-corrected chi connectivity index (χ2v) is 11.1. The van der Waals surface area contributed by atoms with Crippen molar-refractivity contribution < 1.29 is 6.16 Å². The molecule has 7 heteroatoms. The van der Waals surface area contributed by atoms with Crippen LogP contribution in [-0.2, 0) is 13.0 Å². The van der Waals surface area contributed by atoms with Crippen molar-refractivity contribution in [2.45, 2.75) is 57.3 Å². The first-order valence-electron chi connectivity index (χ1n) is 13.6. The van der Waals surface area contributed by atoms with Crippen LogP contribution in [-0.4, -0.2) is 72.8 Å². The van der Waals surface area contributed by atoms with Gasteiger partial charge < -0.3 is 24.8 Å². The van der Waals surface area contributed by atoms with E-state index in [2.05, 4.69) is 70.4 Å². The highest BCUT2D eigenvalue weighted by Crippen LogP contribution is 2.40. The molecule has 1 aromatic heterocycles. The molecule has 0 amide bonds. The molecule has 0 saturated carbocycles. The Balaban J connectivity index is 0.00000252. The molecule has 4 aliphatic rings. The first kappa shape index (κ1) is 22.3. The van der Waals surface area contributed by atoms with Gasteiger partial charge in [-0.1, -0.05) is 30.3 Å². The van der Waals surface area contributed by atoms with Crippen molar-refractivity contribution in [2.75, 3.05) is 49.6 Å². The third kappa shape index (κ3) is 3.71. The highest BCUT2D eigenvalue weighted by Gasteiger charge is 2.44. The second-order valence-electron chi connectivity index (χ2n) is 11.1. The van der Waals surface area contributed by atoms with Crippen molar-refractivity contribution in [3.8, 4) is 6.01 Å². The van der Waals surface area contributed by atoms with E-state index in [0.29, 0.717) is 30.7 Å². The zero-order chi connectivity index (χ0) is 24.2. The molecule has 0 aliphatic carbocycles. The molecule has 36 heavy (non-hydrogen) atoms. The number of ether oxygens (including phenoxy) is 1. The second kappa shape index (κ2) is 8.89. The van der Waals surface area contributed by atoms with Crippen molar-refractivity contribution in [1.29, 1.82) is 0 Å². The van der Waals surface area contributed by atoms with Gasteiger partial charge in [-0.15, -0.1) is 0 Å². The normalized spacial score (nSPS) is 25.7. The van der Waals surface area contributed by atoms with Gasteiger partial charge in [0, 0.05) is 55.8 Å². The SMILES string of the molecule is Cc1cccc2cccc(N3CCc4c(nc(OCC5CCCN5C)nc4N4C5CNCC4C5)C3)c12.[HH]. The van der Waals surface area contributed by atoms with Gasteiger partial charge in [-0.25, -0.2) is 0 Å². The summed E-state index contributed by atoms with van der Waals surface area (Å²) >= 11 is 0. The third-order valence-corrected chi connectivity index (χ3v) is 8.87. The summed E-state index contributed by atoms with van der Waals surface area (Å²) < 4.78 is 6.31. The van der Waals surface area contributed by atoms with Crippen LogP contribution in [0.25, 0.3) is 10.8 Å². The first-order chi connectivity index (χ1) is 17.7. The standard InChI is InChI=1S/C29H36N6O.H2/c1-19-6-3-7-20-8-4-10-26(27(19)20)34-13-11-24-25(17-34)31-29(36-18-21-9-5-12-33(21)2)32-28(24)35-22-14-23(35)16-30-15-22;/h3-4,6-8,10,21-23,30H,5,9,11-18H2,1-2H3;1H. The van der Waals surface area contributed by atoms with Gasteiger partial charge in [0.05, 0.1) is 12.2 Å². The number of likely N-dealkylation sites (N-methyl/N-ethyl adjacent to an activating group) is 1. The summed E-state index contributed by atoms with van der Waals surface area (Å²) in [4.78, 5) is 17.6. The van der Waals surface area contributed by atoms with Crippen LogP contribution in [0.1, 0.15) is 37.5 Å². The molecule has 190 valence electrons. The number of fused-ring (bicyclic) bond motifs is 4. The number of nitrogens with zero attached hydrogens (tertiary/aromatic N) is 5. The van der Waals surface area contributed by atoms with Crippen LogP contribution in [0.4, 0.5) is 11.5 Å². The minimum Gasteiger partial charge on any atom is -0.462 e. The van der Waals surface area contributed by atoms with Gasteiger partial charge in [0.15, 0.2) is 0 Å². The van der Waals surface area contributed by atoms with Crippen LogP contribution in [0.2, 0.25) is 0 Å². The minimum absolute atomic E-state index is 0. The number of nitrogens with one attached hydrogen (secondary N) is 1. The predicted molar refractivity (Wildman–Crippen MR) is 146 cm³/mol. The van der Waals surface area contributed by atoms with E-state index in [-0.39, 0.29) is 1.43 Å². The average molecular weight is 487 g/mol. The van der Waals surface area contributed by atoms with Crippen molar-refractivity contribution in [1.82, 2.24) is 20.2 Å². The van der Waals surface area contributed by atoms with Gasteiger partial charge in [0.2, 0.25) is 0 Å². The Morgan fingerprint density at radius 3 is 2.69 bits per heavy atom. The van der Waals surface area contributed by atoms with Crippen molar-refractivity contribution in [3.63, 3.8) is 0 Å². The summed E-state index contributed by atoms with van der Waals surface area (Å²) in [5.41, 5.74) is 5.08. The summed E-state index contributed by atoms with van der Waals surface area (Å²) in [5.74, 6) is 1.13. The fraction of sp³-hybridized carbons (Fsp3) is 0.517. The summed E-state index contributed by atoms with van der Waals surface area (Å²) in [5, 5.41) is 6.21. The minimum atomic E-state index is 0. The molecule has 3 unspecified atom stereocenters.